The Morgan fingerprint density at radius 1 is 0.913 bits per heavy atom. The molecule has 2 N–H and O–H groups in total. The molecule has 0 fully saturated rings. The molecule has 0 saturated carbocycles. The van der Waals surface area contributed by atoms with Gasteiger partial charge in [0.15, 0.2) is 0 Å². The van der Waals surface area contributed by atoms with Gasteiger partial charge >= 0.3 is 0 Å². The lowest BCUT2D eigenvalue weighted by Crippen LogP contribution is -2.06. The molecule has 0 spiro atoms. The van der Waals surface area contributed by atoms with Gasteiger partial charge in [0, 0.05) is 24.8 Å². The van der Waals surface area contributed by atoms with E-state index in [1.807, 2.05) is 6.07 Å². The monoisotopic (exact) mass is 321 g/mol. The van der Waals surface area contributed by atoms with Crippen LogP contribution in [0.4, 0.5) is 17.1 Å². The predicted molar refractivity (Wildman–Crippen MR) is 98.4 cm³/mol. The highest BCUT2D eigenvalue weighted by atomic mass is 16.6. The standard InChI is InChI=1S/C18H31N3O2/c1-3-5-7-9-13-19-16-11-12-18(21(22)23)17(15-16)20-14-10-8-6-4-2/h11-12,15,19-20H,3-10,13-14H2,1-2H3. The van der Waals surface area contributed by atoms with Gasteiger partial charge in [-0.1, -0.05) is 52.4 Å². The van der Waals surface area contributed by atoms with Crippen molar-refractivity contribution in [3.8, 4) is 0 Å². The number of unbranched alkanes of at least 4 members (excludes halogenated alkanes) is 6. The van der Waals surface area contributed by atoms with E-state index in [-0.39, 0.29) is 10.6 Å². The first-order valence-electron chi connectivity index (χ1n) is 8.95. The number of hydrogen-bond acceptors (Lipinski definition) is 4. The summed E-state index contributed by atoms with van der Waals surface area (Å²) >= 11 is 0. The first-order valence-corrected chi connectivity index (χ1v) is 8.95. The molecule has 0 aromatic heterocycles. The van der Waals surface area contributed by atoms with E-state index >= 15 is 0 Å². The molecular formula is C18H31N3O2. The Hall–Kier alpha value is -1.78. The van der Waals surface area contributed by atoms with Crippen LogP contribution in [-0.2, 0) is 0 Å². The first-order chi connectivity index (χ1) is 11.2. The lowest BCUT2D eigenvalue weighted by molar-refractivity contribution is -0.383. The minimum Gasteiger partial charge on any atom is -0.385 e. The lowest BCUT2D eigenvalue weighted by atomic mass is 10.2. The van der Waals surface area contributed by atoms with Crippen molar-refractivity contribution >= 4 is 17.1 Å². The van der Waals surface area contributed by atoms with Crippen molar-refractivity contribution in [1.82, 2.24) is 0 Å². The predicted octanol–water partition coefficient (Wildman–Crippen LogP) is 5.58. The van der Waals surface area contributed by atoms with E-state index < -0.39 is 0 Å². The topological polar surface area (TPSA) is 67.2 Å². The minimum atomic E-state index is -0.320. The fraction of sp³-hybridized carbons (Fsp3) is 0.667. The van der Waals surface area contributed by atoms with Crippen LogP contribution >= 0.6 is 0 Å². The maximum absolute atomic E-state index is 11.1. The molecule has 0 unspecified atom stereocenters. The zero-order valence-corrected chi connectivity index (χ0v) is 14.6. The van der Waals surface area contributed by atoms with Crippen LogP contribution in [0.3, 0.4) is 0 Å². The van der Waals surface area contributed by atoms with Gasteiger partial charge < -0.3 is 10.6 Å². The van der Waals surface area contributed by atoms with Crippen LogP contribution in [0.15, 0.2) is 18.2 Å². The van der Waals surface area contributed by atoms with Gasteiger partial charge in [0.25, 0.3) is 5.69 Å². The molecule has 130 valence electrons. The Labute approximate surface area is 140 Å². The molecule has 5 heteroatoms. The summed E-state index contributed by atoms with van der Waals surface area (Å²) in [5, 5.41) is 17.7. The number of rotatable bonds is 13. The summed E-state index contributed by atoms with van der Waals surface area (Å²) in [6, 6.07) is 5.24. The summed E-state index contributed by atoms with van der Waals surface area (Å²) < 4.78 is 0. The highest BCUT2D eigenvalue weighted by Gasteiger charge is 2.13. The smallest absolute Gasteiger partial charge is 0.292 e. The van der Waals surface area contributed by atoms with Gasteiger partial charge in [-0.25, -0.2) is 0 Å². The van der Waals surface area contributed by atoms with E-state index in [0.717, 1.165) is 38.0 Å². The molecule has 5 nitrogen and oxygen atoms in total. The lowest BCUT2D eigenvalue weighted by Gasteiger charge is -2.11. The van der Waals surface area contributed by atoms with Crippen molar-refractivity contribution in [1.29, 1.82) is 0 Å². The minimum absolute atomic E-state index is 0.150. The third-order valence-electron chi connectivity index (χ3n) is 3.90. The van der Waals surface area contributed by atoms with E-state index in [9.17, 15) is 10.1 Å². The second kappa shape index (κ2) is 11.7. The zero-order chi connectivity index (χ0) is 16.9. The molecule has 0 bridgehead atoms. The number of nitro groups is 1. The highest BCUT2D eigenvalue weighted by Crippen LogP contribution is 2.28. The molecule has 1 aromatic carbocycles. The summed E-state index contributed by atoms with van der Waals surface area (Å²) in [6.07, 6.45) is 9.44. The van der Waals surface area contributed by atoms with Gasteiger partial charge in [0.05, 0.1) is 4.92 Å². The Morgan fingerprint density at radius 2 is 1.52 bits per heavy atom. The number of anilines is 2. The van der Waals surface area contributed by atoms with Crippen molar-refractivity contribution in [3.05, 3.63) is 28.3 Å². The number of benzene rings is 1. The van der Waals surface area contributed by atoms with Crippen LogP contribution in [0.5, 0.6) is 0 Å². The van der Waals surface area contributed by atoms with E-state index in [0.29, 0.717) is 5.69 Å². The van der Waals surface area contributed by atoms with Crippen LogP contribution in [-0.4, -0.2) is 18.0 Å². The van der Waals surface area contributed by atoms with Gasteiger partial charge in [-0.2, -0.15) is 0 Å². The molecule has 0 heterocycles. The van der Waals surface area contributed by atoms with Gasteiger partial charge in [-0.15, -0.1) is 0 Å². The Bertz CT molecular complexity index is 464. The van der Waals surface area contributed by atoms with Gasteiger partial charge in [-0.05, 0) is 25.0 Å². The number of nitrogens with zero attached hydrogens (tertiary/aromatic N) is 1. The average Bonchev–Trinajstić information content (AvgIpc) is 2.54. The fourth-order valence-corrected chi connectivity index (χ4v) is 2.51. The highest BCUT2D eigenvalue weighted by molar-refractivity contribution is 5.68. The van der Waals surface area contributed by atoms with Gasteiger partial charge in [-0.3, -0.25) is 10.1 Å². The van der Waals surface area contributed by atoms with E-state index in [4.69, 9.17) is 0 Å². The van der Waals surface area contributed by atoms with Crippen molar-refractivity contribution in [2.45, 2.75) is 65.2 Å². The quantitative estimate of drug-likeness (QED) is 0.283. The molecule has 0 aliphatic rings. The maximum Gasteiger partial charge on any atom is 0.292 e. The van der Waals surface area contributed by atoms with Crippen molar-refractivity contribution < 1.29 is 4.92 Å². The first kappa shape index (κ1) is 19.3. The number of nitro benzene ring substituents is 1. The van der Waals surface area contributed by atoms with Crippen molar-refractivity contribution in [2.75, 3.05) is 23.7 Å². The Morgan fingerprint density at radius 3 is 2.09 bits per heavy atom. The molecule has 0 saturated heterocycles. The molecule has 1 aromatic rings. The summed E-state index contributed by atoms with van der Waals surface area (Å²) in [5.74, 6) is 0. The van der Waals surface area contributed by atoms with Crippen LogP contribution in [0.1, 0.15) is 65.2 Å². The van der Waals surface area contributed by atoms with Crippen molar-refractivity contribution in [2.24, 2.45) is 0 Å². The summed E-state index contributed by atoms with van der Waals surface area (Å²) in [6.45, 7) is 6.06. The summed E-state index contributed by atoms with van der Waals surface area (Å²) in [7, 11) is 0. The Balaban J connectivity index is 2.54. The second-order valence-corrected chi connectivity index (χ2v) is 5.96. The maximum atomic E-state index is 11.1. The molecule has 0 amide bonds. The third-order valence-corrected chi connectivity index (χ3v) is 3.90. The van der Waals surface area contributed by atoms with E-state index in [1.54, 1.807) is 12.1 Å². The molecule has 0 radical (unpaired) electrons. The van der Waals surface area contributed by atoms with Crippen LogP contribution < -0.4 is 10.6 Å². The van der Waals surface area contributed by atoms with Crippen molar-refractivity contribution in [3.63, 3.8) is 0 Å². The number of hydrogen-bond donors (Lipinski definition) is 2. The van der Waals surface area contributed by atoms with Crippen LogP contribution in [0, 0.1) is 10.1 Å². The number of nitrogens with one attached hydrogen (secondary N) is 2. The van der Waals surface area contributed by atoms with Gasteiger partial charge in [0.2, 0.25) is 0 Å². The van der Waals surface area contributed by atoms with Gasteiger partial charge in [0.1, 0.15) is 5.69 Å². The molecule has 0 aliphatic carbocycles. The molecule has 23 heavy (non-hydrogen) atoms. The fourth-order valence-electron chi connectivity index (χ4n) is 2.51. The normalized spacial score (nSPS) is 10.5. The van der Waals surface area contributed by atoms with E-state index in [1.165, 1.54) is 32.1 Å². The molecule has 1 rings (SSSR count). The average molecular weight is 321 g/mol. The summed E-state index contributed by atoms with van der Waals surface area (Å²) in [5.41, 5.74) is 1.71. The molecule has 0 aliphatic heterocycles. The van der Waals surface area contributed by atoms with E-state index in [2.05, 4.69) is 24.5 Å². The SMILES string of the molecule is CCCCCCNc1ccc([N+](=O)[O-])c(NCCCCCC)c1. The zero-order valence-electron chi connectivity index (χ0n) is 14.6. The Kier molecular flexibility index (Phi) is 9.84. The molecule has 0 atom stereocenters. The largest absolute Gasteiger partial charge is 0.385 e. The van der Waals surface area contributed by atoms with Crippen LogP contribution in [0.25, 0.3) is 0 Å². The second-order valence-electron chi connectivity index (χ2n) is 5.96. The van der Waals surface area contributed by atoms with Crippen LogP contribution in [0.2, 0.25) is 0 Å². The molecular weight excluding hydrogens is 290 g/mol. The third kappa shape index (κ3) is 7.86. The summed E-state index contributed by atoms with van der Waals surface area (Å²) in [4.78, 5) is 10.8.